The molecule has 0 fully saturated rings. The Balaban J connectivity index is 3.46. The molecule has 0 saturated carbocycles. The lowest BCUT2D eigenvalue weighted by Gasteiger charge is -2.17. The molecule has 0 aliphatic carbocycles. The van der Waals surface area contributed by atoms with Crippen LogP contribution >= 0.6 is 15.9 Å². The molecule has 0 N–H and O–H groups in total. The van der Waals surface area contributed by atoms with Gasteiger partial charge in [0.25, 0.3) is 0 Å². The maximum absolute atomic E-state index is 12.7. The molecule has 0 bridgehead atoms. The molecule has 104 valence electrons. The minimum atomic E-state index is -5.18. The largest absolute Gasteiger partial charge is 0.573 e. The number of rotatable bonds is 2. The van der Waals surface area contributed by atoms with Gasteiger partial charge in [-0.1, -0.05) is 0 Å². The fourth-order valence-corrected chi connectivity index (χ4v) is 1.83. The second-order valence-corrected chi connectivity index (χ2v) is 3.90. The van der Waals surface area contributed by atoms with E-state index in [1.54, 1.807) is 0 Å². The van der Waals surface area contributed by atoms with Crippen molar-refractivity contribution in [3.63, 3.8) is 0 Å². The van der Waals surface area contributed by atoms with Crippen LogP contribution in [0.5, 0.6) is 5.75 Å². The van der Waals surface area contributed by atoms with Crippen LogP contribution in [0.3, 0.4) is 0 Å². The second kappa shape index (κ2) is 5.24. The van der Waals surface area contributed by atoms with Crippen molar-refractivity contribution in [3.05, 3.63) is 21.9 Å². The molecular formula is C9H3BrF6N2O. The van der Waals surface area contributed by atoms with E-state index >= 15 is 0 Å². The number of aromatic nitrogens is 1. The number of pyridine rings is 1. The van der Waals surface area contributed by atoms with Gasteiger partial charge in [0, 0.05) is 5.56 Å². The maximum Gasteiger partial charge on any atom is 0.573 e. The molecule has 19 heavy (non-hydrogen) atoms. The molecule has 0 spiro atoms. The van der Waals surface area contributed by atoms with Crippen molar-refractivity contribution in [2.75, 3.05) is 0 Å². The average molecular weight is 349 g/mol. The van der Waals surface area contributed by atoms with Crippen molar-refractivity contribution < 1.29 is 31.1 Å². The number of ether oxygens (including phenoxy) is 1. The standard InChI is InChI=1S/C9H3BrF6N2O/c10-7-6(8(11,12)13)4(1-2-17)5(3-18-7)19-9(14,15)16/h3H,1H2. The topological polar surface area (TPSA) is 45.9 Å². The van der Waals surface area contributed by atoms with Gasteiger partial charge in [0.2, 0.25) is 0 Å². The normalized spacial score (nSPS) is 12.1. The van der Waals surface area contributed by atoms with E-state index in [-0.39, 0.29) is 0 Å². The van der Waals surface area contributed by atoms with Crippen LogP contribution in [0.1, 0.15) is 11.1 Å². The van der Waals surface area contributed by atoms with Gasteiger partial charge in [0.15, 0.2) is 5.75 Å². The van der Waals surface area contributed by atoms with Gasteiger partial charge in [-0.3, -0.25) is 0 Å². The first kappa shape index (κ1) is 15.6. The summed E-state index contributed by atoms with van der Waals surface area (Å²) in [7, 11) is 0. The Morgan fingerprint density at radius 2 is 1.84 bits per heavy atom. The van der Waals surface area contributed by atoms with Crippen LogP contribution in [-0.4, -0.2) is 11.3 Å². The molecule has 0 aliphatic rings. The fourth-order valence-electron chi connectivity index (χ4n) is 1.26. The minimum absolute atomic E-state index is 0.472. The fraction of sp³-hybridized carbons (Fsp3) is 0.333. The van der Waals surface area contributed by atoms with Gasteiger partial charge in [-0.05, 0) is 15.9 Å². The average Bonchev–Trinajstić information content (AvgIpc) is 2.19. The minimum Gasteiger partial charge on any atom is -0.404 e. The van der Waals surface area contributed by atoms with Crippen LogP contribution in [0.4, 0.5) is 26.3 Å². The van der Waals surface area contributed by atoms with Crippen LogP contribution in [0.15, 0.2) is 10.8 Å². The van der Waals surface area contributed by atoms with Crippen molar-refractivity contribution in [1.82, 2.24) is 4.98 Å². The van der Waals surface area contributed by atoms with Crippen LogP contribution in [0.2, 0.25) is 0 Å². The van der Waals surface area contributed by atoms with Crippen LogP contribution in [0, 0.1) is 11.3 Å². The molecule has 1 rings (SSSR count). The highest BCUT2D eigenvalue weighted by Gasteiger charge is 2.40. The molecule has 3 nitrogen and oxygen atoms in total. The van der Waals surface area contributed by atoms with E-state index in [0.29, 0.717) is 6.20 Å². The predicted molar refractivity (Wildman–Crippen MR) is 52.9 cm³/mol. The smallest absolute Gasteiger partial charge is 0.404 e. The van der Waals surface area contributed by atoms with Crippen LogP contribution in [-0.2, 0) is 12.6 Å². The summed E-state index contributed by atoms with van der Waals surface area (Å²) in [6.45, 7) is 0. The third-order valence-electron chi connectivity index (χ3n) is 1.87. The van der Waals surface area contributed by atoms with Gasteiger partial charge in [-0.25, -0.2) is 4.98 Å². The third kappa shape index (κ3) is 3.99. The Morgan fingerprint density at radius 3 is 2.26 bits per heavy atom. The van der Waals surface area contributed by atoms with Crippen LogP contribution < -0.4 is 4.74 Å². The lowest BCUT2D eigenvalue weighted by Crippen LogP contribution is -2.20. The summed E-state index contributed by atoms with van der Waals surface area (Å²) < 4.78 is 77.1. The monoisotopic (exact) mass is 348 g/mol. The molecule has 0 amide bonds. The number of nitrogens with zero attached hydrogens (tertiary/aromatic N) is 2. The summed E-state index contributed by atoms with van der Waals surface area (Å²) in [5.41, 5.74) is -2.38. The third-order valence-corrected chi connectivity index (χ3v) is 2.47. The Bertz CT molecular complexity index is 519. The number of nitriles is 1. The molecule has 0 atom stereocenters. The summed E-state index contributed by atoms with van der Waals surface area (Å²) in [5, 5.41) is 8.43. The molecule has 1 aromatic rings. The van der Waals surface area contributed by atoms with Gasteiger partial charge >= 0.3 is 12.5 Å². The van der Waals surface area contributed by atoms with E-state index < -0.39 is 40.4 Å². The highest BCUT2D eigenvalue weighted by molar-refractivity contribution is 9.10. The molecule has 10 heteroatoms. The molecule has 1 aromatic heterocycles. The molecule has 0 unspecified atom stereocenters. The molecule has 0 saturated heterocycles. The quantitative estimate of drug-likeness (QED) is 0.602. The first-order valence-electron chi connectivity index (χ1n) is 4.43. The lowest BCUT2D eigenvalue weighted by molar-refractivity contribution is -0.275. The first-order valence-corrected chi connectivity index (χ1v) is 5.23. The summed E-state index contributed by atoms with van der Waals surface area (Å²) in [6, 6.07) is 1.35. The van der Waals surface area contributed by atoms with Gasteiger partial charge in [0.05, 0.1) is 24.3 Å². The van der Waals surface area contributed by atoms with Crippen molar-refractivity contribution in [1.29, 1.82) is 5.26 Å². The Morgan fingerprint density at radius 1 is 1.26 bits per heavy atom. The molecule has 1 heterocycles. The Labute approximate surface area is 110 Å². The van der Waals surface area contributed by atoms with E-state index in [1.165, 1.54) is 6.07 Å². The highest BCUT2D eigenvalue weighted by atomic mass is 79.9. The van der Waals surface area contributed by atoms with Crippen molar-refractivity contribution in [3.8, 4) is 11.8 Å². The summed E-state index contributed by atoms with van der Waals surface area (Å²) in [6.07, 6.45) is -10.6. The maximum atomic E-state index is 12.7. The highest BCUT2D eigenvalue weighted by Crippen LogP contribution is 2.41. The van der Waals surface area contributed by atoms with Crippen molar-refractivity contribution >= 4 is 15.9 Å². The SMILES string of the molecule is N#CCc1c(OC(F)(F)F)cnc(Br)c1C(F)(F)F. The Kier molecular flexibility index (Phi) is 4.29. The van der Waals surface area contributed by atoms with E-state index in [1.807, 2.05) is 0 Å². The lowest BCUT2D eigenvalue weighted by atomic mass is 10.1. The molecular weight excluding hydrogens is 346 g/mol. The van der Waals surface area contributed by atoms with E-state index in [4.69, 9.17) is 5.26 Å². The molecule has 0 aromatic carbocycles. The second-order valence-electron chi connectivity index (χ2n) is 3.15. The zero-order valence-corrected chi connectivity index (χ0v) is 10.3. The number of alkyl halides is 6. The van der Waals surface area contributed by atoms with Crippen molar-refractivity contribution in [2.45, 2.75) is 19.0 Å². The zero-order chi connectivity index (χ0) is 14.8. The Hall–Kier alpha value is -1.50. The number of hydrogen-bond donors (Lipinski definition) is 0. The number of hydrogen-bond acceptors (Lipinski definition) is 3. The first-order chi connectivity index (χ1) is 8.56. The summed E-state index contributed by atoms with van der Waals surface area (Å²) >= 11 is 2.49. The number of halogens is 7. The molecule has 0 aliphatic heterocycles. The summed E-state index contributed by atoms with van der Waals surface area (Å²) in [4.78, 5) is 3.13. The zero-order valence-electron chi connectivity index (χ0n) is 8.73. The van der Waals surface area contributed by atoms with E-state index in [0.717, 1.165) is 0 Å². The van der Waals surface area contributed by atoms with Gasteiger partial charge in [-0.15, -0.1) is 13.2 Å². The van der Waals surface area contributed by atoms with Crippen LogP contribution in [0.25, 0.3) is 0 Å². The van der Waals surface area contributed by atoms with Gasteiger partial charge < -0.3 is 4.74 Å². The summed E-state index contributed by atoms with van der Waals surface area (Å²) in [5.74, 6) is -1.15. The molecule has 0 radical (unpaired) electrons. The van der Waals surface area contributed by atoms with E-state index in [2.05, 4.69) is 25.7 Å². The van der Waals surface area contributed by atoms with Gasteiger partial charge in [-0.2, -0.15) is 18.4 Å². The predicted octanol–water partition coefficient (Wildman–Crippen LogP) is 3.83. The van der Waals surface area contributed by atoms with Gasteiger partial charge in [0.1, 0.15) is 4.60 Å². The van der Waals surface area contributed by atoms with Crippen molar-refractivity contribution in [2.24, 2.45) is 0 Å². The van der Waals surface area contributed by atoms with E-state index in [9.17, 15) is 26.3 Å².